The van der Waals surface area contributed by atoms with Crippen molar-refractivity contribution in [3.05, 3.63) is 65.0 Å². The summed E-state index contributed by atoms with van der Waals surface area (Å²) in [5.74, 6) is 0.449. The molecule has 0 unspecified atom stereocenters. The third kappa shape index (κ3) is 2.87. The normalized spacial score (nSPS) is 10.4. The van der Waals surface area contributed by atoms with Crippen LogP contribution >= 0.6 is 0 Å². The van der Waals surface area contributed by atoms with Crippen molar-refractivity contribution in [2.24, 2.45) is 5.73 Å². The van der Waals surface area contributed by atoms with E-state index in [1.807, 2.05) is 24.3 Å². The lowest BCUT2D eigenvalue weighted by Gasteiger charge is -2.10. The Labute approximate surface area is 106 Å². The maximum absolute atomic E-state index is 13.1. The molecule has 0 bridgehead atoms. The number of halogens is 1. The van der Waals surface area contributed by atoms with Gasteiger partial charge in [0.2, 0.25) is 0 Å². The summed E-state index contributed by atoms with van der Waals surface area (Å²) < 4.78 is 18.8. The Balaban J connectivity index is 2.09. The summed E-state index contributed by atoms with van der Waals surface area (Å²) in [4.78, 5) is 0. The highest BCUT2D eigenvalue weighted by Gasteiger charge is 2.03. The second-order valence-corrected chi connectivity index (χ2v) is 4.17. The highest BCUT2D eigenvalue weighted by Crippen LogP contribution is 2.18. The Morgan fingerprint density at radius 2 is 1.83 bits per heavy atom. The largest absolute Gasteiger partial charge is 0.489 e. The van der Waals surface area contributed by atoms with Crippen LogP contribution in [0.25, 0.3) is 0 Å². The molecule has 0 aromatic heterocycles. The van der Waals surface area contributed by atoms with Crippen LogP contribution in [0.1, 0.15) is 16.7 Å². The van der Waals surface area contributed by atoms with Crippen molar-refractivity contribution >= 4 is 0 Å². The summed E-state index contributed by atoms with van der Waals surface area (Å²) in [6.07, 6.45) is 0. The molecule has 0 heterocycles. The first-order valence-electron chi connectivity index (χ1n) is 5.86. The van der Waals surface area contributed by atoms with E-state index in [-0.39, 0.29) is 5.82 Å². The third-order valence-electron chi connectivity index (χ3n) is 2.86. The van der Waals surface area contributed by atoms with Gasteiger partial charge in [0.25, 0.3) is 0 Å². The first-order chi connectivity index (χ1) is 8.70. The lowest BCUT2D eigenvalue weighted by atomic mass is 10.1. The highest BCUT2D eigenvalue weighted by molar-refractivity contribution is 5.30. The molecule has 2 N–H and O–H groups in total. The second-order valence-electron chi connectivity index (χ2n) is 4.17. The summed E-state index contributed by atoms with van der Waals surface area (Å²) in [6.45, 7) is 2.65. The molecule has 0 aliphatic rings. The van der Waals surface area contributed by atoms with E-state index in [0.29, 0.717) is 24.5 Å². The molecule has 0 saturated carbocycles. The van der Waals surface area contributed by atoms with Gasteiger partial charge in [0, 0.05) is 6.54 Å². The maximum Gasteiger partial charge on any atom is 0.126 e. The summed E-state index contributed by atoms with van der Waals surface area (Å²) in [5.41, 5.74) is 8.36. The minimum absolute atomic E-state index is 0.218. The molecule has 2 rings (SSSR count). The van der Waals surface area contributed by atoms with Gasteiger partial charge in [0.1, 0.15) is 18.2 Å². The fraction of sp³-hybridized carbons (Fsp3) is 0.200. The average Bonchev–Trinajstić information content (AvgIpc) is 2.40. The molecule has 2 aromatic rings. The molecule has 0 saturated heterocycles. The van der Waals surface area contributed by atoms with Gasteiger partial charge in [0.15, 0.2) is 0 Å². The van der Waals surface area contributed by atoms with Gasteiger partial charge in [-0.25, -0.2) is 4.39 Å². The monoisotopic (exact) mass is 245 g/mol. The van der Waals surface area contributed by atoms with Crippen LogP contribution in [-0.2, 0) is 13.2 Å². The van der Waals surface area contributed by atoms with Crippen LogP contribution in [0.3, 0.4) is 0 Å². The molecule has 0 radical (unpaired) electrons. The van der Waals surface area contributed by atoms with E-state index in [1.165, 1.54) is 6.07 Å². The smallest absolute Gasteiger partial charge is 0.126 e. The molecule has 0 fully saturated rings. The highest BCUT2D eigenvalue weighted by atomic mass is 19.1. The van der Waals surface area contributed by atoms with Crippen molar-refractivity contribution in [1.29, 1.82) is 0 Å². The van der Waals surface area contributed by atoms with E-state index in [4.69, 9.17) is 10.5 Å². The van der Waals surface area contributed by atoms with Crippen LogP contribution in [0.2, 0.25) is 0 Å². The van der Waals surface area contributed by atoms with Crippen LogP contribution in [0.5, 0.6) is 5.75 Å². The number of aryl methyl sites for hydroxylation is 1. The number of hydrogen-bond donors (Lipinski definition) is 1. The molecule has 0 amide bonds. The van der Waals surface area contributed by atoms with Gasteiger partial charge in [-0.2, -0.15) is 0 Å². The van der Waals surface area contributed by atoms with Crippen molar-refractivity contribution in [1.82, 2.24) is 0 Å². The Morgan fingerprint density at radius 1 is 1.11 bits per heavy atom. The zero-order chi connectivity index (χ0) is 13.0. The van der Waals surface area contributed by atoms with Crippen LogP contribution in [0.15, 0.2) is 42.5 Å². The van der Waals surface area contributed by atoms with E-state index < -0.39 is 0 Å². The Morgan fingerprint density at radius 3 is 2.50 bits per heavy atom. The summed E-state index contributed by atoms with van der Waals surface area (Å²) in [5, 5.41) is 0. The molecule has 0 aliphatic carbocycles. The summed E-state index contributed by atoms with van der Waals surface area (Å²) in [6, 6.07) is 12.6. The van der Waals surface area contributed by atoms with Crippen molar-refractivity contribution in [2.45, 2.75) is 20.1 Å². The van der Waals surface area contributed by atoms with Gasteiger partial charge < -0.3 is 10.5 Å². The molecule has 2 nitrogen and oxygen atoms in total. The van der Waals surface area contributed by atoms with E-state index in [2.05, 4.69) is 0 Å². The van der Waals surface area contributed by atoms with Gasteiger partial charge in [-0.05, 0) is 41.8 Å². The second kappa shape index (κ2) is 5.65. The number of rotatable bonds is 4. The van der Waals surface area contributed by atoms with Crippen molar-refractivity contribution < 1.29 is 9.13 Å². The van der Waals surface area contributed by atoms with Crippen LogP contribution < -0.4 is 10.5 Å². The summed E-state index contributed by atoms with van der Waals surface area (Å²) in [7, 11) is 0. The zero-order valence-corrected chi connectivity index (χ0v) is 10.3. The fourth-order valence-corrected chi connectivity index (χ4v) is 1.77. The Kier molecular flexibility index (Phi) is 3.95. The number of hydrogen-bond acceptors (Lipinski definition) is 2. The minimum Gasteiger partial charge on any atom is -0.489 e. The van der Waals surface area contributed by atoms with Gasteiger partial charge in [-0.3, -0.25) is 0 Å². The van der Waals surface area contributed by atoms with Crippen molar-refractivity contribution in [3.8, 4) is 5.75 Å². The molecule has 18 heavy (non-hydrogen) atoms. The van der Waals surface area contributed by atoms with Gasteiger partial charge >= 0.3 is 0 Å². The SMILES string of the molecule is Cc1cc(OCc2ccccc2CN)ccc1F. The first kappa shape index (κ1) is 12.6. The van der Waals surface area contributed by atoms with E-state index in [0.717, 1.165) is 11.1 Å². The molecular formula is C15H16FNO. The quantitative estimate of drug-likeness (QED) is 0.898. The minimum atomic E-state index is -0.218. The molecule has 94 valence electrons. The molecule has 0 aliphatic heterocycles. The summed E-state index contributed by atoms with van der Waals surface area (Å²) >= 11 is 0. The maximum atomic E-state index is 13.1. The predicted molar refractivity (Wildman–Crippen MR) is 69.8 cm³/mol. The topological polar surface area (TPSA) is 35.2 Å². The van der Waals surface area contributed by atoms with E-state index >= 15 is 0 Å². The number of ether oxygens (including phenoxy) is 1. The zero-order valence-electron chi connectivity index (χ0n) is 10.3. The van der Waals surface area contributed by atoms with Gasteiger partial charge in [0.05, 0.1) is 0 Å². The van der Waals surface area contributed by atoms with Crippen LogP contribution in [0.4, 0.5) is 4.39 Å². The standard InChI is InChI=1S/C15H16FNO/c1-11-8-14(6-7-15(11)16)18-10-13-5-3-2-4-12(13)9-17/h2-8H,9-10,17H2,1H3. The van der Waals surface area contributed by atoms with E-state index in [1.54, 1.807) is 19.1 Å². The first-order valence-corrected chi connectivity index (χ1v) is 5.86. The fourth-order valence-electron chi connectivity index (χ4n) is 1.77. The Hall–Kier alpha value is -1.87. The number of benzene rings is 2. The van der Waals surface area contributed by atoms with Crippen LogP contribution in [0, 0.1) is 12.7 Å². The lowest BCUT2D eigenvalue weighted by Crippen LogP contribution is -2.04. The van der Waals surface area contributed by atoms with Crippen molar-refractivity contribution in [2.75, 3.05) is 0 Å². The molecule has 2 aromatic carbocycles. The molecule has 0 spiro atoms. The van der Waals surface area contributed by atoms with Gasteiger partial charge in [-0.1, -0.05) is 24.3 Å². The molecule has 0 atom stereocenters. The number of nitrogens with two attached hydrogens (primary N) is 1. The van der Waals surface area contributed by atoms with Crippen LogP contribution in [-0.4, -0.2) is 0 Å². The lowest BCUT2D eigenvalue weighted by molar-refractivity contribution is 0.304. The van der Waals surface area contributed by atoms with Crippen molar-refractivity contribution in [3.63, 3.8) is 0 Å². The average molecular weight is 245 g/mol. The van der Waals surface area contributed by atoms with E-state index in [9.17, 15) is 4.39 Å². The third-order valence-corrected chi connectivity index (χ3v) is 2.86. The van der Waals surface area contributed by atoms with Gasteiger partial charge in [-0.15, -0.1) is 0 Å². The molecular weight excluding hydrogens is 229 g/mol. The Bertz CT molecular complexity index is 540. The molecule has 3 heteroatoms. The predicted octanol–water partition coefficient (Wildman–Crippen LogP) is 3.17.